The second kappa shape index (κ2) is 6.71. The number of ketones is 1. The van der Waals surface area contributed by atoms with Crippen molar-refractivity contribution in [2.45, 2.75) is 11.8 Å². The largest absolute Gasteiger partial charge is 0.508 e. The van der Waals surface area contributed by atoms with Crippen LogP contribution in [-0.4, -0.2) is 32.4 Å². The molecule has 0 heterocycles. The molecule has 0 radical (unpaired) electrons. The first-order valence-corrected chi connectivity index (χ1v) is 8.28. The van der Waals surface area contributed by atoms with Gasteiger partial charge >= 0.3 is 5.97 Å². The molecule has 126 valence electrons. The van der Waals surface area contributed by atoms with Crippen LogP contribution in [0.5, 0.6) is 5.75 Å². The molecule has 0 amide bonds. The van der Waals surface area contributed by atoms with Gasteiger partial charge in [-0.2, -0.15) is 0 Å². The van der Waals surface area contributed by atoms with Crippen molar-refractivity contribution in [1.82, 2.24) is 0 Å². The molecule has 24 heavy (non-hydrogen) atoms. The molecule has 0 saturated heterocycles. The van der Waals surface area contributed by atoms with Crippen molar-refractivity contribution in [2.75, 3.05) is 11.8 Å². The molecular weight excluding hydrogens is 334 g/mol. The second-order valence-corrected chi connectivity index (χ2v) is 6.59. The molecule has 2 rings (SSSR count). The first-order chi connectivity index (χ1) is 11.2. The highest BCUT2D eigenvalue weighted by atomic mass is 32.2. The van der Waals surface area contributed by atoms with E-state index in [4.69, 9.17) is 0 Å². The minimum absolute atomic E-state index is 0.0483. The summed E-state index contributed by atoms with van der Waals surface area (Å²) in [4.78, 5) is 23.0. The predicted molar refractivity (Wildman–Crippen MR) is 86.7 cm³/mol. The number of hydrogen-bond donors (Lipinski definition) is 2. The van der Waals surface area contributed by atoms with Crippen molar-refractivity contribution in [2.24, 2.45) is 0 Å². The summed E-state index contributed by atoms with van der Waals surface area (Å²) in [5.41, 5.74) is 0.0634. The molecule has 0 saturated carbocycles. The van der Waals surface area contributed by atoms with Crippen LogP contribution in [0.25, 0.3) is 0 Å². The Balaban J connectivity index is 2.45. The Morgan fingerprint density at radius 2 is 1.83 bits per heavy atom. The van der Waals surface area contributed by atoms with Gasteiger partial charge in [0.1, 0.15) is 5.75 Å². The second-order valence-electron chi connectivity index (χ2n) is 4.91. The van der Waals surface area contributed by atoms with Crippen molar-refractivity contribution in [1.29, 1.82) is 0 Å². The number of ether oxygens (including phenoxy) is 1. The van der Waals surface area contributed by atoms with Gasteiger partial charge in [0.15, 0.2) is 5.78 Å². The van der Waals surface area contributed by atoms with Gasteiger partial charge < -0.3 is 9.84 Å². The lowest BCUT2D eigenvalue weighted by molar-refractivity contribution is 0.0601. The number of phenols is 1. The average Bonchev–Trinajstić information content (AvgIpc) is 2.55. The molecule has 0 bridgehead atoms. The van der Waals surface area contributed by atoms with E-state index in [1.165, 1.54) is 43.3 Å². The van der Waals surface area contributed by atoms with Gasteiger partial charge in [0.05, 0.1) is 23.3 Å². The highest BCUT2D eigenvalue weighted by Gasteiger charge is 2.20. The van der Waals surface area contributed by atoms with E-state index in [0.717, 1.165) is 13.2 Å². The Morgan fingerprint density at radius 3 is 2.46 bits per heavy atom. The fraction of sp³-hybridized carbons (Fsp3) is 0.125. The van der Waals surface area contributed by atoms with E-state index in [1.54, 1.807) is 0 Å². The summed E-state index contributed by atoms with van der Waals surface area (Å²) in [7, 11) is -2.90. The van der Waals surface area contributed by atoms with Crippen molar-refractivity contribution < 1.29 is 27.9 Å². The monoisotopic (exact) mass is 349 g/mol. The molecule has 7 nitrogen and oxygen atoms in total. The van der Waals surface area contributed by atoms with Crippen LogP contribution in [0.2, 0.25) is 0 Å². The Hall–Kier alpha value is -2.87. The lowest BCUT2D eigenvalue weighted by atomic mass is 10.2. The lowest BCUT2D eigenvalue weighted by Gasteiger charge is -2.12. The number of phenolic OH excluding ortho intramolecular Hbond substituents is 1. The zero-order valence-electron chi connectivity index (χ0n) is 12.9. The number of hydrogen-bond acceptors (Lipinski definition) is 6. The van der Waals surface area contributed by atoms with Crippen LogP contribution in [0, 0.1) is 0 Å². The number of rotatable bonds is 5. The standard InChI is InChI=1S/C16H15NO6S/c1-10(18)11-4-3-5-13(8-11)24(21,22)17-15-7-6-12(19)9-14(15)16(20)23-2/h3-9,17,19H,1-2H3. The van der Waals surface area contributed by atoms with Crippen molar-refractivity contribution in [3.63, 3.8) is 0 Å². The van der Waals surface area contributed by atoms with Crippen LogP contribution >= 0.6 is 0 Å². The summed E-state index contributed by atoms with van der Waals surface area (Å²) in [6.07, 6.45) is 0. The van der Waals surface area contributed by atoms with Crippen LogP contribution in [0.3, 0.4) is 0 Å². The average molecular weight is 349 g/mol. The number of sulfonamides is 1. The molecule has 0 aliphatic heterocycles. The molecular formula is C16H15NO6S. The van der Waals surface area contributed by atoms with E-state index in [9.17, 15) is 23.1 Å². The van der Waals surface area contributed by atoms with E-state index in [1.807, 2.05) is 0 Å². The molecule has 0 atom stereocenters. The third-order valence-electron chi connectivity index (χ3n) is 3.20. The maximum atomic E-state index is 12.5. The number of carbonyl (C=O) groups excluding carboxylic acids is 2. The Kier molecular flexibility index (Phi) is 4.89. The molecule has 8 heteroatoms. The number of nitrogens with one attached hydrogen (secondary N) is 1. The molecule has 0 unspecified atom stereocenters. The van der Waals surface area contributed by atoms with Crippen LogP contribution in [0.1, 0.15) is 27.6 Å². The van der Waals surface area contributed by atoms with Crippen molar-refractivity contribution >= 4 is 27.5 Å². The zero-order valence-corrected chi connectivity index (χ0v) is 13.8. The number of Topliss-reactive ketones (excluding diaryl/α,β-unsaturated/α-hetero) is 1. The molecule has 2 aromatic carbocycles. The maximum Gasteiger partial charge on any atom is 0.340 e. The fourth-order valence-electron chi connectivity index (χ4n) is 1.99. The molecule has 0 aliphatic carbocycles. The van der Waals surface area contributed by atoms with Gasteiger partial charge in [0.25, 0.3) is 10.0 Å². The van der Waals surface area contributed by atoms with Gasteiger partial charge in [-0.1, -0.05) is 12.1 Å². The van der Waals surface area contributed by atoms with Gasteiger partial charge in [-0.3, -0.25) is 9.52 Å². The van der Waals surface area contributed by atoms with E-state index in [2.05, 4.69) is 9.46 Å². The predicted octanol–water partition coefficient (Wildman–Crippen LogP) is 2.18. The quantitative estimate of drug-likeness (QED) is 0.486. The van der Waals surface area contributed by atoms with Crippen LogP contribution in [0.4, 0.5) is 5.69 Å². The Labute approximate surface area is 138 Å². The number of aromatic hydroxyl groups is 1. The molecule has 0 aliphatic rings. The first kappa shape index (κ1) is 17.5. The molecule has 0 aromatic heterocycles. The number of benzene rings is 2. The smallest absolute Gasteiger partial charge is 0.340 e. The van der Waals surface area contributed by atoms with Crippen molar-refractivity contribution in [3.8, 4) is 5.75 Å². The summed E-state index contributed by atoms with van der Waals surface area (Å²) in [6, 6.07) is 9.08. The highest BCUT2D eigenvalue weighted by molar-refractivity contribution is 7.92. The van der Waals surface area contributed by atoms with Crippen molar-refractivity contribution in [3.05, 3.63) is 53.6 Å². The van der Waals surface area contributed by atoms with Crippen LogP contribution < -0.4 is 4.72 Å². The fourth-order valence-corrected chi connectivity index (χ4v) is 3.11. The molecule has 2 N–H and O–H groups in total. The Morgan fingerprint density at radius 1 is 1.12 bits per heavy atom. The summed E-state index contributed by atoms with van der Waals surface area (Å²) >= 11 is 0. The number of carbonyl (C=O) groups is 2. The number of methoxy groups -OCH3 is 1. The normalized spacial score (nSPS) is 10.9. The minimum Gasteiger partial charge on any atom is -0.508 e. The minimum atomic E-state index is -4.04. The van der Waals surface area contributed by atoms with Crippen LogP contribution in [0.15, 0.2) is 47.4 Å². The van der Waals surface area contributed by atoms with Crippen LogP contribution in [-0.2, 0) is 14.8 Å². The van der Waals surface area contributed by atoms with E-state index < -0.39 is 16.0 Å². The summed E-state index contributed by atoms with van der Waals surface area (Å²) in [5.74, 6) is -1.29. The summed E-state index contributed by atoms with van der Waals surface area (Å²) in [6.45, 7) is 1.33. The lowest BCUT2D eigenvalue weighted by Crippen LogP contribution is -2.16. The van der Waals surface area contributed by atoms with Gasteiger partial charge in [-0.05, 0) is 37.3 Å². The SMILES string of the molecule is COC(=O)c1cc(O)ccc1NS(=O)(=O)c1cccc(C(C)=O)c1. The molecule has 2 aromatic rings. The molecule has 0 fully saturated rings. The van der Waals surface area contributed by atoms with E-state index in [-0.39, 0.29) is 33.2 Å². The van der Waals surface area contributed by atoms with Gasteiger partial charge in [0, 0.05) is 5.56 Å². The zero-order chi connectivity index (χ0) is 17.9. The third-order valence-corrected chi connectivity index (χ3v) is 4.57. The number of anilines is 1. The number of esters is 1. The Bertz CT molecular complexity index is 905. The molecule has 0 spiro atoms. The summed E-state index contributed by atoms with van der Waals surface area (Å²) < 4.78 is 31.8. The van der Waals surface area contributed by atoms with Gasteiger partial charge in [-0.25, -0.2) is 13.2 Å². The maximum absolute atomic E-state index is 12.5. The van der Waals surface area contributed by atoms with E-state index in [0.29, 0.717) is 0 Å². The summed E-state index contributed by atoms with van der Waals surface area (Å²) in [5, 5.41) is 9.47. The highest BCUT2D eigenvalue weighted by Crippen LogP contribution is 2.25. The third kappa shape index (κ3) is 3.72. The topological polar surface area (TPSA) is 110 Å². The van der Waals surface area contributed by atoms with Gasteiger partial charge in [0.2, 0.25) is 0 Å². The van der Waals surface area contributed by atoms with E-state index >= 15 is 0 Å². The first-order valence-electron chi connectivity index (χ1n) is 6.80. The van der Waals surface area contributed by atoms with Gasteiger partial charge in [-0.15, -0.1) is 0 Å².